The first kappa shape index (κ1) is 8.90. The fraction of sp³-hybridized carbons (Fsp3) is 0.600. The van der Waals surface area contributed by atoms with E-state index in [4.69, 9.17) is 15.9 Å². The van der Waals surface area contributed by atoms with E-state index in [-0.39, 0.29) is 12.8 Å². The maximum absolute atomic E-state index is 9.99. The molecular weight excluding hydrogens is 137 g/mol. The Labute approximate surface area is 57.5 Å². The Kier molecular flexibility index (Phi) is 3.42. The molecule has 0 saturated carbocycles. The van der Waals surface area contributed by atoms with Crippen LogP contribution in [-0.4, -0.2) is 28.2 Å². The fourth-order valence-electron chi connectivity index (χ4n) is 0.402. The van der Waals surface area contributed by atoms with Gasteiger partial charge in [-0.2, -0.15) is 0 Å². The fourth-order valence-corrected chi connectivity index (χ4v) is 0.402. The largest absolute Gasteiger partial charge is 0.481 e. The molecule has 0 aromatic rings. The lowest BCUT2D eigenvalue weighted by Crippen LogP contribution is -2.30. The second-order valence-corrected chi connectivity index (χ2v) is 1.88. The van der Waals surface area contributed by atoms with Crippen LogP contribution in [0.5, 0.6) is 0 Å². The van der Waals surface area contributed by atoms with Gasteiger partial charge in [-0.25, -0.2) is 0 Å². The average molecular weight is 146 g/mol. The summed E-state index contributed by atoms with van der Waals surface area (Å²) in [5.41, 5.74) is 5.00. The molecule has 0 unspecified atom stereocenters. The van der Waals surface area contributed by atoms with Crippen molar-refractivity contribution < 1.29 is 19.8 Å². The smallest absolute Gasteiger partial charge is 0.320 e. The highest BCUT2D eigenvalue weighted by Crippen LogP contribution is 1.93. The van der Waals surface area contributed by atoms with Gasteiger partial charge in [-0.15, -0.1) is 0 Å². The van der Waals surface area contributed by atoms with Gasteiger partial charge in [0.25, 0.3) is 0 Å². The molecule has 0 heterocycles. The summed E-state index contributed by atoms with van der Waals surface area (Å²) in [4.78, 5) is 19.9. The lowest BCUT2D eigenvalue weighted by atomic mass is 10.1. The van der Waals surface area contributed by atoms with Gasteiger partial charge in [0, 0.05) is 6.42 Å². The van der Waals surface area contributed by atoms with Crippen LogP contribution in [0.25, 0.3) is 0 Å². The van der Waals surface area contributed by atoms with Crippen molar-refractivity contribution in [2.45, 2.75) is 18.9 Å². The van der Waals surface area contributed by atoms with Crippen LogP contribution in [0.4, 0.5) is 0 Å². The van der Waals surface area contributed by atoms with Crippen LogP contribution < -0.4 is 5.73 Å². The Bertz CT molecular complexity index is 145. The van der Waals surface area contributed by atoms with Gasteiger partial charge >= 0.3 is 11.9 Å². The summed E-state index contributed by atoms with van der Waals surface area (Å²) in [6, 6.07) is -1.06. The van der Waals surface area contributed by atoms with E-state index in [1.807, 2.05) is 0 Å². The van der Waals surface area contributed by atoms with Crippen LogP contribution >= 0.6 is 0 Å². The Morgan fingerprint density at radius 3 is 2.20 bits per heavy atom. The molecule has 58 valence electrons. The van der Waals surface area contributed by atoms with Crippen LogP contribution in [0.3, 0.4) is 0 Å². The SMILES string of the molecule is [13NH2][C@@H](CCC(=O)O)C(=O)O. The first-order valence-electron chi connectivity index (χ1n) is 2.74. The molecule has 0 radical (unpaired) electrons. The predicted molar refractivity (Wildman–Crippen MR) is 32.5 cm³/mol. The minimum Gasteiger partial charge on any atom is -0.481 e. The molecule has 5 heteroatoms. The van der Waals surface area contributed by atoms with E-state index in [0.29, 0.717) is 0 Å². The van der Waals surface area contributed by atoms with Gasteiger partial charge in [0.15, 0.2) is 0 Å². The van der Waals surface area contributed by atoms with Crippen molar-refractivity contribution in [2.24, 2.45) is 5.73 Å². The standard InChI is InChI=1S/C5H9NO4/c6-3(5(9)10)1-2-4(7)8/h3H,1-2,6H2,(H,7,8)(H,9,10)/t3-/m0/s1/i6-1. The molecule has 0 aliphatic rings. The summed E-state index contributed by atoms with van der Waals surface area (Å²) in [6.07, 6.45) is -0.224. The predicted octanol–water partition coefficient (Wildman–Crippen LogP) is -0.737. The van der Waals surface area contributed by atoms with E-state index in [0.717, 1.165) is 0 Å². The van der Waals surface area contributed by atoms with E-state index in [1.54, 1.807) is 0 Å². The zero-order valence-electron chi connectivity index (χ0n) is 5.28. The van der Waals surface area contributed by atoms with E-state index in [1.165, 1.54) is 0 Å². The lowest BCUT2D eigenvalue weighted by molar-refractivity contribution is -0.139. The van der Waals surface area contributed by atoms with Crippen molar-refractivity contribution >= 4 is 11.9 Å². The Morgan fingerprint density at radius 1 is 1.40 bits per heavy atom. The number of carboxylic acids is 2. The van der Waals surface area contributed by atoms with Crippen LogP contribution in [-0.2, 0) is 9.59 Å². The van der Waals surface area contributed by atoms with Gasteiger partial charge in [-0.1, -0.05) is 0 Å². The summed E-state index contributed by atoms with van der Waals surface area (Å²) >= 11 is 0. The zero-order chi connectivity index (χ0) is 8.15. The monoisotopic (exact) mass is 146 g/mol. The third-order valence-corrected chi connectivity index (χ3v) is 0.986. The lowest BCUT2D eigenvalue weighted by Gasteiger charge is -2.01. The Balaban J connectivity index is 3.49. The molecule has 10 heavy (non-hydrogen) atoms. The molecule has 0 aliphatic carbocycles. The Morgan fingerprint density at radius 2 is 1.90 bits per heavy atom. The molecular formula is C5H9NO4. The van der Waals surface area contributed by atoms with Gasteiger partial charge in [0.1, 0.15) is 6.04 Å². The van der Waals surface area contributed by atoms with Crippen molar-refractivity contribution in [3.05, 3.63) is 0 Å². The molecule has 1 atom stereocenters. The summed E-state index contributed by atoms with van der Waals surface area (Å²) in [5.74, 6) is -2.20. The number of nitrogens with two attached hydrogens (primary N) is 1. The van der Waals surface area contributed by atoms with Crippen molar-refractivity contribution in [1.29, 1.82) is 0 Å². The first-order valence-corrected chi connectivity index (χ1v) is 2.74. The van der Waals surface area contributed by atoms with Crippen LogP contribution in [0.1, 0.15) is 12.8 Å². The number of hydrogen-bond donors (Lipinski definition) is 3. The van der Waals surface area contributed by atoms with E-state index >= 15 is 0 Å². The highest BCUT2D eigenvalue weighted by atomic mass is 16.4. The summed E-state index contributed by atoms with van der Waals surface area (Å²) in [5, 5.41) is 16.3. The van der Waals surface area contributed by atoms with Gasteiger partial charge < -0.3 is 15.9 Å². The zero-order valence-corrected chi connectivity index (χ0v) is 5.28. The second-order valence-electron chi connectivity index (χ2n) is 1.88. The van der Waals surface area contributed by atoms with Crippen molar-refractivity contribution in [3.8, 4) is 0 Å². The van der Waals surface area contributed by atoms with Gasteiger partial charge in [0.2, 0.25) is 0 Å². The molecule has 0 aromatic heterocycles. The van der Waals surface area contributed by atoms with Gasteiger partial charge in [-0.05, 0) is 6.42 Å². The minimum atomic E-state index is -1.17. The molecule has 0 fully saturated rings. The van der Waals surface area contributed by atoms with Crippen LogP contribution in [0.2, 0.25) is 0 Å². The maximum atomic E-state index is 9.99. The average Bonchev–Trinajstić information content (AvgIpc) is 1.82. The molecule has 0 aliphatic heterocycles. The molecule has 0 spiro atoms. The molecule has 0 saturated heterocycles. The molecule has 0 bridgehead atoms. The molecule has 0 aromatic carbocycles. The number of hydrogen-bond acceptors (Lipinski definition) is 3. The van der Waals surface area contributed by atoms with E-state index in [9.17, 15) is 9.59 Å². The topological polar surface area (TPSA) is 101 Å². The van der Waals surface area contributed by atoms with Gasteiger partial charge in [-0.3, -0.25) is 9.59 Å². The number of aliphatic carboxylic acids is 2. The third-order valence-electron chi connectivity index (χ3n) is 0.986. The Hall–Kier alpha value is -1.10. The molecule has 4 N–H and O–H groups in total. The third kappa shape index (κ3) is 3.85. The second kappa shape index (κ2) is 3.84. The molecule has 0 amide bonds. The summed E-state index contributed by atoms with van der Waals surface area (Å²) < 4.78 is 0. The van der Waals surface area contributed by atoms with Crippen molar-refractivity contribution in [3.63, 3.8) is 0 Å². The van der Waals surface area contributed by atoms with E-state index in [2.05, 4.69) is 0 Å². The first-order chi connectivity index (χ1) is 4.54. The summed E-state index contributed by atoms with van der Waals surface area (Å²) in [7, 11) is 0. The number of rotatable bonds is 4. The quantitative estimate of drug-likeness (QED) is 0.485. The van der Waals surface area contributed by atoms with E-state index < -0.39 is 18.0 Å². The van der Waals surface area contributed by atoms with Crippen molar-refractivity contribution in [2.75, 3.05) is 0 Å². The molecule has 5 nitrogen and oxygen atoms in total. The normalized spacial score (nSPS) is 12.5. The minimum absolute atomic E-state index is 0.0231. The maximum Gasteiger partial charge on any atom is 0.320 e. The number of carbonyl (C=O) groups is 2. The summed E-state index contributed by atoms with van der Waals surface area (Å²) in [6.45, 7) is 0. The van der Waals surface area contributed by atoms with Crippen LogP contribution in [0, 0.1) is 0 Å². The van der Waals surface area contributed by atoms with Gasteiger partial charge in [0.05, 0.1) is 0 Å². The van der Waals surface area contributed by atoms with Crippen molar-refractivity contribution in [1.82, 2.24) is 0 Å². The highest BCUT2D eigenvalue weighted by molar-refractivity contribution is 5.74. The highest BCUT2D eigenvalue weighted by Gasteiger charge is 2.12. The molecule has 0 rings (SSSR count). The number of carboxylic acid groups (broad SMARTS) is 2. The van der Waals surface area contributed by atoms with Crippen LogP contribution in [0.15, 0.2) is 0 Å².